The molecule has 0 aromatic heterocycles. The Morgan fingerprint density at radius 2 is 0.744 bits per heavy atom. The number of phosphoric acid groups is 1. The standard InChI is InChI=1S/C20H43O4P.C12H28N2/c1-3-5-7-9-11-13-15-17-19-23-25(21,22)24-20-18-16-14-12-10-8-6-4-2;1-2-3-4-5-6-7-8-9-10-11-12(13)14/h3-20H2,1-2H3,(H,21,22);12H,2-11,13-14H2,1H3. The molecule has 5 N–H and O–H groups in total. The Morgan fingerprint density at radius 3 is 1.03 bits per heavy atom. The Kier molecular flexibility index (Phi) is 36.1. The Hall–Kier alpha value is 0.0300. The van der Waals surface area contributed by atoms with Crippen molar-refractivity contribution in [1.82, 2.24) is 0 Å². The zero-order valence-electron chi connectivity index (χ0n) is 26.7. The molecule has 0 saturated heterocycles. The largest absolute Gasteiger partial charge is 0.472 e. The molecule has 0 bridgehead atoms. The summed E-state index contributed by atoms with van der Waals surface area (Å²) in [5.74, 6) is 0. The minimum atomic E-state index is -3.83. The van der Waals surface area contributed by atoms with E-state index in [1.165, 1.54) is 135 Å². The molecule has 0 atom stereocenters. The van der Waals surface area contributed by atoms with Gasteiger partial charge in [-0.05, 0) is 19.3 Å². The molecule has 238 valence electrons. The lowest BCUT2D eigenvalue weighted by molar-refractivity contribution is 0.145. The van der Waals surface area contributed by atoms with Crippen LogP contribution >= 0.6 is 7.82 Å². The van der Waals surface area contributed by atoms with E-state index in [2.05, 4.69) is 20.8 Å². The number of unbranched alkanes of at least 4 members (excludes halogenated alkanes) is 22. The van der Waals surface area contributed by atoms with Gasteiger partial charge in [0.25, 0.3) is 0 Å². The van der Waals surface area contributed by atoms with E-state index in [-0.39, 0.29) is 6.17 Å². The minimum absolute atomic E-state index is 0.0976. The van der Waals surface area contributed by atoms with Gasteiger partial charge in [0.05, 0.1) is 19.4 Å². The Labute approximate surface area is 244 Å². The van der Waals surface area contributed by atoms with Crippen molar-refractivity contribution in [2.45, 2.75) is 194 Å². The molecule has 0 heterocycles. The zero-order chi connectivity index (χ0) is 29.3. The van der Waals surface area contributed by atoms with Crippen molar-refractivity contribution in [2.75, 3.05) is 13.2 Å². The second-order valence-corrected chi connectivity index (χ2v) is 12.8. The molecule has 0 aromatic carbocycles. The van der Waals surface area contributed by atoms with Gasteiger partial charge in [0.15, 0.2) is 0 Å². The van der Waals surface area contributed by atoms with Gasteiger partial charge < -0.3 is 16.4 Å². The fourth-order valence-electron chi connectivity index (χ4n) is 4.56. The smallest absolute Gasteiger partial charge is 0.316 e. The van der Waals surface area contributed by atoms with Crippen LogP contribution < -0.4 is 11.5 Å². The van der Waals surface area contributed by atoms with Crippen LogP contribution in [-0.4, -0.2) is 24.3 Å². The maximum Gasteiger partial charge on any atom is 0.472 e. The van der Waals surface area contributed by atoms with Crippen LogP contribution in [0, 0.1) is 0 Å². The van der Waals surface area contributed by atoms with Gasteiger partial charge in [-0.2, -0.15) is 0 Å². The zero-order valence-corrected chi connectivity index (χ0v) is 27.5. The highest BCUT2D eigenvalue weighted by atomic mass is 31.2. The third kappa shape index (κ3) is 40.2. The molecule has 0 aliphatic carbocycles. The van der Waals surface area contributed by atoms with E-state index < -0.39 is 7.82 Å². The van der Waals surface area contributed by atoms with E-state index in [9.17, 15) is 9.46 Å². The third-order valence-electron chi connectivity index (χ3n) is 7.15. The summed E-state index contributed by atoms with van der Waals surface area (Å²) >= 11 is 0. The molecule has 0 amide bonds. The van der Waals surface area contributed by atoms with E-state index in [1.54, 1.807) is 0 Å². The number of phosphoric ester groups is 1. The highest BCUT2D eigenvalue weighted by molar-refractivity contribution is 7.47. The molecule has 39 heavy (non-hydrogen) atoms. The number of hydrogen-bond donors (Lipinski definition) is 3. The van der Waals surface area contributed by atoms with Crippen molar-refractivity contribution in [3.05, 3.63) is 0 Å². The molecule has 0 aliphatic rings. The van der Waals surface area contributed by atoms with Gasteiger partial charge in [0.1, 0.15) is 0 Å². The molecule has 0 aliphatic heterocycles. The number of rotatable bonds is 30. The summed E-state index contributed by atoms with van der Waals surface area (Å²) in [6, 6.07) is 0. The minimum Gasteiger partial charge on any atom is -0.316 e. The van der Waals surface area contributed by atoms with Gasteiger partial charge in [-0.1, -0.05) is 168 Å². The molecule has 0 rings (SSSR count). The number of nitrogens with two attached hydrogens (primary N) is 2. The fraction of sp³-hybridized carbons (Fsp3) is 1.00. The second-order valence-electron chi connectivity index (χ2n) is 11.4. The highest BCUT2D eigenvalue weighted by Crippen LogP contribution is 2.43. The summed E-state index contributed by atoms with van der Waals surface area (Å²) in [5.41, 5.74) is 10.9. The second kappa shape index (κ2) is 34.2. The quantitative estimate of drug-likeness (QED) is 0.0444. The monoisotopic (exact) mass is 579 g/mol. The van der Waals surface area contributed by atoms with Crippen molar-refractivity contribution in [3.8, 4) is 0 Å². The first-order chi connectivity index (χ1) is 18.9. The molecule has 0 unspecified atom stereocenters. The van der Waals surface area contributed by atoms with E-state index >= 15 is 0 Å². The molecule has 0 spiro atoms. The first-order valence-electron chi connectivity index (χ1n) is 17.0. The fourth-order valence-corrected chi connectivity index (χ4v) is 5.35. The number of hydrogen-bond acceptors (Lipinski definition) is 5. The Balaban J connectivity index is 0. The summed E-state index contributed by atoms with van der Waals surface area (Å²) in [4.78, 5) is 9.63. The topological polar surface area (TPSA) is 108 Å². The predicted molar refractivity (Wildman–Crippen MR) is 171 cm³/mol. The summed E-state index contributed by atoms with van der Waals surface area (Å²) < 4.78 is 21.8. The van der Waals surface area contributed by atoms with Crippen molar-refractivity contribution in [3.63, 3.8) is 0 Å². The van der Waals surface area contributed by atoms with E-state index in [4.69, 9.17) is 20.5 Å². The van der Waals surface area contributed by atoms with Crippen LogP contribution in [-0.2, 0) is 13.6 Å². The van der Waals surface area contributed by atoms with E-state index in [0.29, 0.717) is 13.2 Å². The van der Waals surface area contributed by atoms with Crippen LogP contribution in [0.4, 0.5) is 0 Å². The van der Waals surface area contributed by atoms with Gasteiger partial charge in [-0.25, -0.2) is 4.57 Å². The molecule has 0 aromatic rings. The summed E-state index contributed by atoms with van der Waals surface area (Å²) in [5, 5.41) is 0. The van der Waals surface area contributed by atoms with Crippen LogP contribution in [0.1, 0.15) is 188 Å². The Bertz CT molecular complexity index is 469. The van der Waals surface area contributed by atoms with Crippen LogP contribution in [0.2, 0.25) is 0 Å². The van der Waals surface area contributed by atoms with E-state index in [0.717, 1.165) is 32.1 Å². The molecule has 0 radical (unpaired) electrons. The van der Waals surface area contributed by atoms with Gasteiger partial charge in [-0.15, -0.1) is 0 Å². The maximum atomic E-state index is 11.7. The van der Waals surface area contributed by atoms with E-state index in [1.807, 2.05) is 0 Å². The van der Waals surface area contributed by atoms with Crippen LogP contribution in [0.3, 0.4) is 0 Å². The molecule has 0 fully saturated rings. The van der Waals surface area contributed by atoms with Crippen LogP contribution in [0.15, 0.2) is 0 Å². The van der Waals surface area contributed by atoms with Crippen molar-refractivity contribution in [2.24, 2.45) is 11.5 Å². The van der Waals surface area contributed by atoms with Crippen LogP contribution in [0.25, 0.3) is 0 Å². The van der Waals surface area contributed by atoms with Gasteiger partial charge in [0, 0.05) is 0 Å². The molecular weight excluding hydrogens is 507 g/mol. The van der Waals surface area contributed by atoms with Crippen molar-refractivity contribution < 1.29 is 18.5 Å². The lowest BCUT2D eigenvalue weighted by Crippen LogP contribution is -2.29. The normalized spacial score (nSPS) is 11.7. The van der Waals surface area contributed by atoms with Crippen molar-refractivity contribution >= 4 is 7.82 Å². The first-order valence-corrected chi connectivity index (χ1v) is 18.5. The average Bonchev–Trinajstić information content (AvgIpc) is 2.90. The third-order valence-corrected chi connectivity index (χ3v) is 8.16. The van der Waals surface area contributed by atoms with Gasteiger partial charge in [0.2, 0.25) is 0 Å². The lowest BCUT2D eigenvalue weighted by Gasteiger charge is -2.12. The molecule has 7 heteroatoms. The molecular formula is C32H71N2O4P. The first kappa shape index (κ1) is 41.2. The molecule has 0 saturated carbocycles. The van der Waals surface area contributed by atoms with Crippen molar-refractivity contribution in [1.29, 1.82) is 0 Å². The average molecular weight is 579 g/mol. The van der Waals surface area contributed by atoms with Gasteiger partial charge in [-0.3, -0.25) is 9.05 Å². The van der Waals surface area contributed by atoms with Crippen LogP contribution in [0.5, 0.6) is 0 Å². The summed E-state index contributed by atoms with van der Waals surface area (Å²) in [6.07, 6.45) is 32.3. The van der Waals surface area contributed by atoms with Gasteiger partial charge >= 0.3 is 7.82 Å². The lowest BCUT2D eigenvalue weighted by atomic mass is 10.1. The summed E-state index contributed by atoms with van der Waals surface area (Å²) in [7, 11) is -3.83. The highest BCUT2D eigenvalue weighted by Gasteiger charge is 2.19. The predicted octanol–water partition coefficient (Wildman–Crippen LogP) is 10.6. The summed E-state index contributed by atoms with van der Waals surface area (Å²) in [6.45, 7) is 7.35. The Morgan fingerprint density at radius 1 is 0.487 bits per heavy atom. The maximum absolute atomic E-state index is 11.7. The SMILES string of the molecule is CCCCCCCCCCCC(N)N.CCCCCCCCCCOP(=O)(O)OCCCCCCCCCC. The molecule has 6 nitrogen and oxygen atoms in total.